The van der Waals surface area contributed by atoms with E-state index in [1.807, 2.05) is 12.1 Å². The van der Waals surface area contributed by atoms with Crippen molar-refractivity contribution in [2.45, 2.75) is 13.5 Å². The Bertz CT molecular complexity index is 540. The van der Waals surface area contributed by atoms with Gasteiger partial charge in [0, 0.05) is 24.5 Å². The van der Waals surface area contributed by atoms with Gasteiger partial charge in [-0.15, -0.1) is 0 Å². The molecule has 0 aromatic heterocycles. The third-order valence-electron chi connectivity index (χ3n) is 2.92. The van der Waals surface area contributed by atoms with E-state index in [1.165, 1.54) is 0 Å². The van der Waals surface area contributed by atoms with Crippen LogP contribution in [-0.2, 0) is 21.2 Å². The number of hydrogen-bond donors (Lipinski definition) is 2. The largest absolute Gasteiger partial charge is 0.399 e. The SMILES string of the molecule is CCS(=O)(=O)CCN(CC(N)=O)Cc1ccc(N)cc1. The molecular weight excluding hydrogens is 278 g/mol. The second-order valence-electron chi connectivity index (χ2n) is 4.65. The van der Waals surface area contributed by atoms with E-state index in [2.05, 4.69) is 0 Å². The number of sulfone groups is 1. The topological polar surface area (TPSA) is 106 Å². The predicted octanol–water partition coefficient (Wildman–Crippen LogP) is -0.00920. The average molecular weight is 299 g/mol. The van der Waals surface area contributed by atoms with E-state index >= 15 is 0 Å². The van der Waals surface area contributed by atoms with Gasteiger partial charge in [-0.3, -0.25) is 9.69 Å². The van der Waals surface area contributed by atoms with E-state index in [0.29, 0.717) is 12.2 Å². The highest BCUT2D eigenvalue weighted by molar-refractivity contribution is 7.91. The molecule has 0 bridgehead atoms. The number of nitrogens with two attached hydrogens (primary N) is 2. The van der Waals surface area contributed by atoms with Crippen LogP contribution in [0.25, 0.3) is 0 Å². The van der Waals surface area contributed by atoms with Crippen LogP contribution in [0.15, 0.2) is 24.3 Å². The Hall–Kier alpha value is -1.60. The molecule has 0 atom stereocenters. The molecule has 1 rings (SSSR count). The number of hydrogen-bond acceptors (Lipinski definition) is 5. The minimum atomic E-state index is -3.06. The third kappa shape index (κ3) is 6.03. The number of carbonyl (C=O) groups excluding carboxylic acids is 1. The molecule has 0 saturated heterocycles. The van der Waals surface area contributed by atoms with Crippen LogP contribution in [0, 0.1) is 0 Å². The van der Waals surface area contributed by atoms with Gasteiger partial charge < -0.3 is 11.5 Å². The van der Waals surface area contributed by atoms with Crippen LogP contribution >= 0.6 is 0 Å². The summed E-state index contributed by atoms with van der Waals surface area (Å²) in [7, 11) is -3.06. The second kappa shape index (κ2) is 7.25. The molecule has 7 heteroatoms. The molecular formula is C13H21N3O3S. The van der Waals surface area contributed by atoms with Gasteiger partial charge in [0.2, 0.25) is 5.91 Å². The molecule has 0 aliphatic carbocycles. The fourth-order valence-corrected chi connectivity index (χ4v) is 2.55. The molecule has 1 aromatic carbocycles. The lowest BCUT2D eigenvalue weighted by Crippen LogP contribution is -2.36. The van der Waals surface area contributed by atoms with E-state index in [-0.39, 0.29) is 24.6 Å². The fraction of sp³-hybridized carbons (Fsp3) is 0.462. The lowest BCUT2D eigenvalue weighted by atomic mass is 10.2. The number of carbonyl (C=O) groups is 1. The minimum Gasteiger partial charge on any atom is -0.399 e. The second-order valence-corrected chi connectivity index (χ2v) is 7.13. The van der Waals surface area contributed by atoms with Crippen molar-refractivity contribution in [3.63, 3.8) is 0 Å². The molecule has 0 spiro atoms. The van der Waals surface area contributed by atoms with Crippen molar-refractivity contribution >= 4 is 21.4 Å². The predicted molar refractivity (Wildman–Crippen MR) is 79.7 cm³/mol. The highest BCUT2D eigenvalue weighted by Crippen LogP contribution is 2.08. The van der Waals surface area contributed by atoms with Crippen molar-refractivity contribution in [3.05, 3.63) is 29.8 Å². The Morgan fingerprint density at radius 1 is 1.25 bits per heavy atom. The molecule has 1 aromatic rings. The summed E-state index contributed by atoms with van der Waals surface area (Å²) in [6.07, 6.45) is 0. The Kier molecular flexibility index (Phi) is 5.97. The first kappa shape index (κ1) is 16.5. The van der Waals surface area contributed by atoms with Crippen molar-refractivity contribution in [2.24, 2.45) is 5.73 Å². The maximum atomic E-state index is 11.5. The van der Waals surface area contributed by atoms with Crippen LogP contribution < -0.4 is 11.5 Å². The molecule has 4 N–H and O–H groups in total. The average Bonchev–Trinajstić information content (AvgIpc) is 2.38. The summed E-state index contributed by atoms with van der Waals surface area (Å²) in [5.41, 5.74) is 12.4. The van der Waals surface area contributed by atoms with Crippen molar-refractivity contribution < 1.29 is 13.2 Å². The number of nitrogens with zero attached hydrogens (tertiary/aromatic N) is 1. The molecule has 112 valence electrons. The number of primary amides is 1. The molecule has 20 heavy (non-hydrogen) atoms. The van der Waals surface area contributed by atoms with Gasteiger partial charge in [-0.1, -0.05) is 19.1 Å². The standard InChI is InChI=1S/C13H21N3O3S/c1-2-20(18,19)8-7-16(10-13(15)17)9-11-3-5-12(14)6-4-11/h3-6H,2,7-10,14H2,1H3,(H2,15,17). The third-order valence-corrected chi connectivity index (χ3v) is 4.61. The zero-order chi connectivity index (χ0) is 15.2. The molecule has 0 radical (unpaired) electrons. The van der Waals surface area contributed by atoms with Gasteiger partial charge >= 0.3 is 0 Å². The summed E-state index contributed by atoms with van der Waals surface area (Å²) in [6, 6.07) is 7.22. The lowest BCUT2D eigenvalue weighted by molar-refractivity contribution is -0.119. The first-order valence-electron chi connectivity index (χ1n) is 6.38. The van der Waals surface area contributed by atoms with Gasteiger partial charge in [0.25, 0.3) is 0 Å². The van der Waals surface area contributed by atoms with E-state index in [1.54, 1.807) is 24.0 Å². The summed E-state index contributed by atoms with van der Waals surface area (Å²) < 4.78 is 23.1. The molecule has 0 unspecified atom stereocenters. The van der Waals surface area contributed by atoms with Crippen molar-refractivity contribution in [3.8, 4) is 0 Å². The summed E-state index contributed by atoms with van der Waals surface area (Å²) in [6.45, 7) is 2.38. The molecule has 6 nitrogen and oxygen atoms in total. The Balaban J connectivity index is 2.69. The zero-order valence-electron chi connectivity index (χ0n) is 11.6. The maximum Gasteiger partial charge on any atom is 0.231 e. The first-order chi connectivity index (χ1) is 9.32. The zero-order valence-corrected chi connectivity index (χ0v) is 12.4. The van der Waals surface area contributed by atoms with E-state index in [0.717, 1.165) is 5.56 Å². The number of benzene rings is 1. The molecule has 0 aliphatic heterocycles. The van der Waals surface area contributed by atoms with Gasteiger partial charge in [0.1, 0.15) is 0 Å². The van der Waals surface area contributed by atoms with Gasteiger partial charge in [-0.25, -0.2) is 8.42 Å². The number of rotatable bonds is 8. The number of anilines is 1. The monoisotopic (exact) mass is 299 g/mol. The maximum absolute atomic E-state index is 11.5. The van der Waals surface area contributed by atoms with Crippen molar-refractivity contribution in [1.82, 2.24) is 4.90 Å². The smallest absolute Gasteiger partial charge is 0.231 e. The molecule has 0 aliphatic rings. The van der Waals surface area contributed by atoms with E-state index in [9.17, 15) is 13.2 Å². The quantitative estimate of drug-likeness (QED) is 0.657. The minimum absolute atomic E-state index is 0.0196. The Morgan fingerprint density at radius 3 is 2.35 bits per heavy atom. The fourth-order valence-electron chi connectivity index (χ4n) is 1.73. The van der Waals surface area contributed by atoms with Crippen LogP contribution in [-0.4, -0.2) is 43.8 Å². The molecule has 0 fully saturated rings. The van der Waals surface area contributed by atoms with Gasteiger partial charge in [0.05, 0.1) is 12.3 Å². The van der Waals surface area contributed by atoms with Crippen LogP contribution in [0.5, 0.6) is 0 Å². The highest BCUT2D eigenvalue weighted by Gasteiger charge is 2.14. The molecule has 1 amide bonds. The number of amides is 1. The first-order valence-corrected chi connectivity index (χ1v) is 8.20. The summed E-state index contributed by atoms with van der Waals surface area (Å²) in [4.78, 5) is 12.8. The van der Waals surface area contributed by atoms with Crippen LogP contribution in [0.1, 0.15) is 12.5 Å². The van der Waals surface area contributed by atoms with Crippen LogP contribution in [0.4, 0.5) is 5.69 Å². The van der Waals surface area contributed by atoms with Crippen molar-refractivity contribution in [2.75, 3.05) is 30.3 Å². The normalized spacial score (nSPS) is 11.7. The van der Waals surface area contributed by atoms with E-state index < -0.39 is 15.7 Å². The highest BCUT2D eigenvalue weighted by atomic mass is 32.2. The molecule has 0 heterocycles. The Labute approximate surface area is 119 Å². The van der Waals surface area contributed by atoms with Gasteiger partial charge in [-0.2, -0.15) is 0 Å². The van der Waals surface area contributed by atoms with Gasteiger partial charge in [-0.05, 0) is 17.7 Å². The van der Waals surface area contributed by atoms with Crippen molar-refractivity contribution in [1.29, 1.82) is 0 Å². The summed E-state index contributed by atoms with van der Waals surface area (Å²) >= 11 is 0. The summed E-state index contributed by atoms with van der Waals surface area (Å²) in [5, 5.41) is 0. The van der Waals surface area contributed by atoms with Crippen LogP contribution in [0.2, 0.25) is 0 Å². The van der Waals surface area contributed by atoms with Crippen LogP contribution in [0.3, 0.4) is 0 Å². The lowest BCUT2D eigenvalue weighted by Gasteiger charge is -2.20. The van der Waals surface area contributed by atoms with Gasteiger partial charge in [0.15, 0.2) is 9.84 Å². The van der Waals surface area contributed by atoms with E-state index in [4.69, 9.17) is 11.5 Å². The number of nitrogen functional groups attached to an aromatic ring is 1. The Morgan fingerprint density at radius 2 is 1.85 bits per heavy atom. The summed E-state index contributed by atoms with van der Waals surface area (Å²) in [5.74, 6) is -0.361. The molecule has 0 saturated carbocycles.